The highest BCUT2D eigenvalue weighted by Gasteiger charge is 2.03. The molecule has 0 saturated heterocycles. The summed E-state index contributed by atoms with van der Waals surface area (Å²) in [6.07, 6.45) is 1.63. The van der Waals surface area contributed by atoms with Crippen LogP contribution in [-0.4, -0.2) is 25.6 Å². The van der Waals surface area contributed by atoms with Crippen molar-refractivity contribution in [2.45, 2.75) is 0 Å². The lowest BCUT2D eigenvalue weighted by atomic mass is 10.2. The average Bonchev–Trinajstić information content (AvgIpc) is 2.55. The minimum absolute atomic E-state index is 0.771. The van der Waals surface area contributed by atoms with Crippen LogP contribution in [0, 0.1) is 0 Å². The Morgan fingerprint density at radius 3 is 2.79 bits per heavy atom. The van der Waals surface area contributed by atoms with Crippen LogP contribution in [0.15, 0.2) is 30.5 Å². The third-order valence-corrected chi connectivity index (χ3v) is 2.05. The first kappa shape index (κ1) is 7.25. The van der Waals surface area contributed by atoms with E-state index in [4.69, 9.17) is 0 Å². The molecule has 14 heavy (non-hydrogen) atoms. The van der Waals surface area contributed by atoms with Gasteiger partial charge in [0.05, 0.1) is 5.52 Å². The first-order valence-electron chi connectivity index (χ1n) is 4.15. The molecule has 0 fully saturated rings. The van der Waals surface area contributed by atoms with E-state index in [0.29, 0.717) is 0 Å². The van der Waals surface area contributed by atoms with Crippen molar-refractivity contribution in [1.29, 1.82) is 0 Å². The van der Waals surface area contributed by atoms with Crippen LogP contribution in [0.25, 0.3) is 21.9 Å². The van der Waals surface area contributed by atoms with Crippen molar-refractivity contribution in [2.75, 3.05) is 0 Å². The maximum absolute atomic E-state index is 4.03. The van der Waals surface area contributed by atoms with Gasteiger partial charge in [-0.1, -0.05) is 0 Å². The van der Waals surface area contributed by atoms with E-state index in [9.17, 15) is 0 Å². The van der Waals surface area contributed by atoms with E-state index in [1.54, 1.807) is 6.20 Å². The number of rotatable bonds is 0. The predicted octanol–water partition coefficient (Wildman–Crippen LogP) is 0.968. The Kier molecular flexibility index (Phi) is 1.38. The minimum Gasteiger partial charge on any atom is -0.159 e. The van der Waals surface area contributed by atoms with Crippen LogP contribution in [0.1, 0.15) is 0 Å². The van der Waals surface area contributed by atoms with E-state index in [2.05, 4.69) is 25.6 Å². The molecule has 2 aromatic heterocycles. The van der Waals surface area contributed by atoms with Crippen molar-refractivity contribution in [3.8, 4) is 0 Å². The van der Waals surface area contributed by atoms with Crippen LogP contribution in [0.2, 0.25) is 0 Å². The number of aromatic nitrogens is 5. The molecular weight excluding hydrogens is 178 g/mol. The van der Waals surface area contributed by atoms with Gasteiger partial charge in [-0.15, -0.1) is 10.2 Å². The van der Waals surface area contributed by atoms with Crippen molar-refractivity contribution in [3.63, 3.8) is 0 Å². The number of fused-ring (bicyclic) bond motifs is 3. The van der Waals surface area contributed by atoms with Crippen LogP contribution in [0.3, 0.4) is 0 Å². The van der Waals surface area contributed by atoms with Gasteiger partial charge in [-0.2, -0.15) is 10.2 Å². The fourth-order valence-corrected chi connectivity index (χ4v) is 1.41. The van der Waals surface area contributed by atoms with E-state index in [1.165, 1.54) is 0 Å². The lowest BCUT2D eigenvalue weighted by Gasteiger charge is -1.89. The molecule has 0 radical (unpaired) electrons. The normalized spacial score (nSPS) is 10.9. The topological polar surface area (TPSA) is 64.5 Å². The summed E-state index contributed by atoms with van der Waals surface area (Å²) in [5.74, 6) is 0. The summed E-state index contributed by atoms with van der Waals surface area (Å²) in [6.45, 7) is 0. The largest absolute Gasteiger partial charge is 0.159 e. The summed E-state index contributed by atoms with van der Waals surface area (Å²) in [5, 5.41) is 20.2. The summed E-state index contributed by atoms with van der Waals surface area (Å²) in [5.41, 5.74) is 2.35. The van der Waals surface area contributed by atoms with E-state index in [-0.39, 0.29) is 0 Å². The summed E-state index contributed by atoms with van der Waals surface area (Å²) < 4.78 is 0. The fraction of sp³-hybridized carbons (Fsp3) is 0. The molecule has 0 unspecified atom stereocenters. The van der Waals surface area contributed by atoms with Gasteiger partial charge in [-0.3, -0.25) is 0 Å². The quantitative estimate of drug-likeness (QED) is 0.519. The van der Waals surface area contributed by atoms with Gasteiger partial charge in [0.1, 0.15) is 11.0 Å². The molecule has 0 atom stereocenters. The molecule has 0 saturated carbocycles. The Morgan fingerprint density at radius 1 is 0.857 bits per heavy atom. The second kappa shape index (κ2) is 2.66. The summed E-state index contributed by atoms with van der Waals surface area (Å²) >= 11 is 0. The summed E-state index contributed by atoms with van der Waals surface area (Å²) in [4.78, 5) is 0. The molecule has 5 heteroatoms. The van der Waals surface area contributed by atoms with Crippen LogP contribution < -0.4 is 0 Å². The molecule has 5 nitrogen and oxygen atoms in total. The Balaban J connectivity index is 2.64. The first-order valence-corrected chi connectivity index (χ1v) is 4.15. The summed E-state index contributed by atoms with van der Waals surface area (Å²) in [7, 11) is 0. The predicted molar refractivity (Wildman–Crippen MR) is 50.4 cm³/mol. The van der Waals surface area contributed by atoms with Crippen LogP contribution in [0.5, 0.6) is 0 Å². The van der Waals surface area contributed by atoms with Crippen molar-refractivity contribution < 1.29 is 0 Å². The lowest BCUT2D eigenvalue weighted by molar-refractivity contribution is 0.960. The molecule has 0 aliphatic heterocycles. The Hall–Kier alpha value is -2.17. The average molecular weight is 183 g/mol. The van der Waals surface area contributed by atoms with Crippen molar-refractivity contribution >= 4 is 21.9 Å². The van der Waals surface area contributed by atoms with Crippen LogP contribution in [0.4, 0.5) is 0 Å². The highest BCUT2D eigenvalue weighted by molar-refractivity contribution is 6.01. The molecule has 3 rings (SSSR count). The van der Waals surface area contributed by atoms with Gasteiger partial charge in [0.15, 0.2) is 0 Å². The van der Waals surface area contributed by atoms with Gasteiger partial charge < -0.3 is 0 Å². The van der Waals surface area contributed by atoms with Gasteiger partial charge >= 0.3 is 0 Å². The standard InChI is InChI=1S/C9H5N5/c1-2-6-7(11-10-5-1)3-4-8-9(6)13-14-12-8/h1-5H. The lowest BCUT2D eigenvalue weighted by Crippen LogP contribution is -1.76. The zero-order chi connectivity index (χ0) is 9.38. The van der Waals surface area contributed by atoms with E-state index < -0.39 is 0 Å². The van der Waals surface area contributed by atoms with E-state index in [0.717, 1.165) is 21.9 Å². The van der Waals surface area contributed by atoms with Gasteiger partial charge in [-0.25, -0.2) is 0 Å². The number of benzene rings is 1. The molecule has 0 N–H and O–H groups in total. The van der Waals surface area contributed by atoms with E-state index >= 15 is 0 Å². The summed E-state index contributed by atoms with van der Waals surface area (Å²) in [6, 6.07) is 7.44. The number of nitrogens with zero attached hydrogens (tertiary/aromatic N) is 5. The molecule has 2 heterocycles. The highest BCUT2D eigenvalue weighted by atomic mass is 15.3. The van der Waals surface area contributed by atoms with Gasteiger partial charge in [0, 0.05) is 11.6 Å². The smallest absolute Gasteiger partial charge is 0.124 e. The second-order valence-corrected chi connectivity index (χ2v) is 2.88. The molecular formula is C9H5N5. The highest BCUT2D eigenvalue weighted by Crippen LogP contribution is 2.18. The number of hydrogen-bond donors (Lipinski definition) is 0. The molecule has 66 valence electrons. The number of hydrogen-bond acceptors (Lipinski definition) is 5. The first-order chi connectivity index (χ1) is 6.95. The van der Waals surface area contributed by atoms with Crippen LogP contribution in [-0.2, 0) is 0 Å². The van der Waals surface area contributed by atoms with Gasteiger partial charge in [0.2, 0.25) is 0 Å². The van der Waals surface area contributed by atoms with Gasteiger partial charge in [-0.05, 0) is 29.5 Å². The van der Waals surface area contributed by atoms with E-state index in [1.807, 2.05) is 24.3 Å². The Morgan fingerprint density at radius 2 is 1.79 bits per heavy atom. The molecule has 0 spiro atoms. The SMILES string of the molecule is c1cnnc2ccc3nnnc3c2c1. The monoisotopic (exact) mass is 183 g/mol. The molecule has 0 aliphatic rings. The third kappa shape index (κ3) is 0.922. The zero-order valence-electron chi connectivity index (χ0n) is 7.12. The fourth-order valence-electron chi connectivity index (χ4n) is 1.41. The van der Waals surface area contributed by atoms with Gasteiger partial charge in [0.25, 0.3) is 0 Å². The van der Waals surface area contributed by atoms with Crippen molar-refractivity contribution in [1.82, 2.24) is 25.6 Å². The van der Waals surface area contributed by atoms with Crippen LogP contribution >= 0.6 is 0 Å². The maximum atomic E-state index is 4.03. The molecule has 0 amide bonds. The third-order valence-electron chi connectivity index (χ3n) is 2.05. The minimum atomic E-state index is 0.771. The zero-order valence-corrected chi connectivity index (χ0v) is 7.12. The maximum Gasteiger partial charge on any atom is 0.124 e. The molecule has 0 aliphatic carbocycles. The molecule has 0 bridgehead atoms. The Labute approximate surface area is 78.8 Å². The second-order valence-electron chi connectivity index (χ2n) is 2.88. The molecule has 1 aromatic carbocycles. The van der Waals surface area contributed by atoms with Crippen molar-refractivity contribution in [2.24, 2.45) is 0 Å². The molecule has 3 aromatic rings. The van der Waals surface area contributed by atoms with Crippen molar-refractivity contribution in [3.05, 3.63) is 30.5 Å². The Bertz CT molecular complexity index is 607.